The van der Waals surface area contributed by atoms with Crippen LogP contribution in [0, 0.1) is 0 Å². The van der Waals surface area contributed by atoms with Crippen molar-refractivity contribution in [1.29, 1.82) is 0 Å². The lowest BCUT2D eigenvalue weighted by molar-refractivity contribution is -0.141. The van der Waals surface area contributed by atoms with Gasteiger partial charge in [0.15, 0.2) is 0 Å². The molecule has 0 bridgehead atoms. The highest BCUT2D eigenvalue weighted by atomic mass is 35.5. The van der Waals surface area contributed by atoms with Crippen molar-refractivity contribution in [3.63, 3.8) is 0 Å². The Kier molecular flexibility index (Phi) is 17.8. The Morgan fingerprint density at radius 1 is 0.583 bits per heavy atom. The molecule has 1 fully saturated rings. The quantitative estimate of drug-likeness (QED) is 0.114. The standard InChI is InChI=1S/C39H39ClO4.2C7H8O/c1-2-42-32-19-17-28(18-20-32)21-31-22-37(35-15-9-10-16-36(35)39(31)40)38-24-33(43-26-30-13-7-4-8-14-30)23-34(44-38)27-41-25-29-11-5-3-6-12-29;2*8-6-7-4-2-1-3-5-7/h3-20,22,33-34,38H,2,21,23-27H2,1H3;2*1-5,8H,6H2. The van der Waals surface area contributed by atoms with Crippen molar-refractivity contribution < 1.29 is 29.2 Å². The molecule has 3 atom stereocenters. The molecular formula is C53H55ClO6. The average Bonchev–Trinajstić information content (AvgIpc) is 3.31. The first-order valence-corrected chi connectivity index (χ1v) is 21.0. The molecule has 1 heterocycles. The van der Waals surface area contributed by atoms with Gasteiger partial charge in [-0.3, -0.25) is 0 Å². The zero-order valence-corrected chi connectivity index (χ0v) is 35.0. The van der Waals surface area contributed by atoms with Crippen LogP contribution in [0.2, 0.25) is 5.02 Å². The number of hydrogen-bond donors (Lipinski definition) is 2. The van der Waals surface area contributed by atoms with E-state index in [4.69, 9.17) is 40.8 Å². The van der Waals surface area contributed by atoms with Gasteiger partial charge < -0.3 is 29.2 Å². The van der Waals surface area contributed by atoms with E-state index in [1.165, 1.54) is 11.1 Å². The fourth-order valence-electron chi connectivity index (χ4n) is 7.17. The van der Waals surface area contributed by atoms with Gasteiger partial charge in [0.2, 0.25) is 0 Å². The summed E-state index contributed by atoms with van der Waals surface area (Å²) < 4.78 is 25.2. The average molecular weight is 823 g/mol. The lowest BCUT2D eigenvalue weighted by Crippen LogP contribution is -2.35. The Balaban J connectivity index is 0.000000313. The minimum Gasteiger partial charge on any atom is -0.494 e. The van der Waals surface area contributed by atoms with Crippen LogP contribution in [0.15, 0.2) is 176 Å². The first kappa shape index (κ1) is 44.2. The molecule has 0 saturated carbocycles. The fourth-order valence-corrected chi connectivity index (χ4v) is 7.45. The molecule has 7 heteroatoms. The zero-order valence-electron chi connectivity index (χ0n) is 34.2. The SMILES string of the molecule is CCOc1ccc(Cc2cc(C3CC(OCc4ccccc4)CC(COCc4ccccc4)O3)c3ccccc3c2Cl)cc1.OCc1ccccc1.OCc1ccccc1. The molecule has 1 aliphatic heterocycles. The number of halogens is 1. The van der Waals surface area contributed by atoms with Crippen molar-refractivity contribution in [3.05, 3.63) is 220 Å². The second-order valence-corrected chi connectivity index (χ2v) is 15.0. The monoisotopic (exact) mass is 822 g/mol. The van der Waals surface area contributed by atoms with Crippen molar-refractivity contribution in [2.45, 2.75) is 70.9 Å². The van der Waals surface area contributed by atoms with E-state index in [1.807, 2.05) is 110 Å². The van der Waals surface area contributed by atoms with Gasteiger partial charge >= 0.3 is 0 Å². The van der Waals surface area contributed by atoms with Crippen molar-refractivity contribution in [2.75, 3.05) is 13.2 Å². The van der Waals surface area contributed by atoms with Crippen molar-refractivity contribution in [3.8, 4) is 5.75 Å². The van der Waals surface area contributed by atoms with E-state index < -0.39 is 0 Å². The van der Waals surface area contributed by atoms with Crippen LogP contribution in [0.1, 0.15) is 64.8 Å². The number of fused-ring (bicyclic) bond motifs is 1. The van der Waals surface area contributed by atoms with Gasteiger partial charge in [0, 0.05) is 18.2 Å². The predicted molar refractivity (Wildman–Crippen MR) is 242 cm³/mol. The molecule has 1 aliphatic rings. The maximum atomic E-state index is 8.54. The molecule has 8 rings (SSSR count). The van der Waals surface area contributed by atoms with Gasteiger partial charge in [-0.05, 0) is 69.8 Å². The van der Waals surface area contributed by atoms with Crippen LogP contribution in [0.3, 0.4) is 0 Å². The fraction of sp³-hybridized carbons (Fsp3) is 0.245. The summed E-state index contributed by atoms with van der Waals surface area (Å²) in [5.41, 5.74) is 7.66. The third-order valence-electron chi connectivity index (χ3n) is 10.2. The van der Waals surface area contributed by atoms with Crippen LogP contribution >= 0.6 is 11.6 Å². The van der Waals surface area contributed by atoms with Gasteiger partial charge in [-0.2, -0.15) is 0 Å². The summed E-state index contributed by atoms with van der Waals surface area (Å²) in [6.45, 7) is 4.55. The number of benzene rings is 7. The first-order valence-electron chi connectivity index (χ1n) is 20.7. The molecule has 60 heavy (non-hydrogen) atoms. The molecule has 0 radical (unpaired) electrons. The number of aliphatic hydroxyl groups is 2. The van der Waals surface area contributed by atoms with Gasteiger partial charge in [0.25, 0.3) is 0 Å². The normalized spacial score (nSPS) is 15.9. The summed E-state index contributed by atoms with van der Waals surface area (Å²) in [4.78, 5) is 0. The number of ether oxygens (including phenoxy) is 4. The van der Waals surface area contributed by atoms with Crippen LogP contribution < -0.4 is 4.74 Å². The lowest BCUT2D eigenvalue weighted by atomic mass is 9.89. The minimum absolute atomic E-state index is 0.0308. The molecule has 1 saturated heterocycles. The number of hydrogen-bond acceptors (Lipinski definition) is 6. The molecule has 2 N–H and O–H groups in total. The van der Waals surface area contributed by atoms with Crippen LogP contribution in [-0.2, 0) is 47.1 Å². The molecule has 0 spiro atoms. The smallest absolute Gasteiger partial charge is 0.119 e. The molecule has 7 aromatic carbocycles. The van der Waals surface area contributed by atoms with Crippen LogP contribution in [0.4, 0.5) is 0 Å². The Labute approximate surface area is 359 Å². The Hall–Kier alpha value is -5.31. The van der Waals surface area contributed by atoms with Crippen LogP contribution in [-0.4, -0.2) is 35.6 Å². The molecule has 0 aromatic heterocycles. The van der Waals surface area contributed by atoms with Gasteiger partial charge in [0.1, 0.15) is 5.75 Å². The summed E-state index contributed by atoms with van der Waals surface area (Å²) in [6, 6.07) is 58.6. The van der Waals surface area contributed by atoms with E-state index in [0.29, 0.717) is 32.8 Å². The molecule has 310 valence electrons. The highest BCUT2D eigenvalue weighted by Gasteiger charge is 2.33. The second-order valence-electron chi connectivity index (χ2n) is 14.7. The van der Waals surface area contributed by atoms with Crippen molar-refractivity contribution in [1.82, 2.24) is 0 Å². The van der Waals surface area contributed by atoms with E-state index >= 15 is 0 Å². The molecule has 6 nitrogen and oxygen atoms in total. The van der Waals surface area contributed by atoms with E-state index in [2.05, 4.69) is 72.8 Å². The largest absolute Gasteiger partial charge is 0.494 e. The molecule has 0 amide bonds. The third-order valence-corrected chi connectivity index (χ3v) is 10.7. The van der Waals surface area contributed by atoms with Gasteiger partial charge in [-0.15, -0.1) is 0 Å². The number of aliphatic hydroxyl groups excluding tert-OH is 2. The van der Waals surface area contributed by atoms with E-state index in [0.717, 1.165) is 62.2 Å². The maximum Gasteiger partial charge on any atom is 0.119 e. The Bertz CT molecular complexity index is 2210. The zero-order chi connectivity index (χ0) is 41.8. The van der Waals surface area contributed by atoms with Crippen molar-refractivity contribution >= 4 is 22.4 Å². The van der Waals surface area contributed by atoms with Crippen molar-refractivity contribution in [2.24, 2.45) is 0 Å². The molecule has 3 unspecified atom stereocenters. The number of rotatable bonds is 14. The summed E-state index contributed by atoms with van der Waals surface area (Å²) >= 11 is 7.07. The summed E-state index contributed by atoms with van der Waals surface area (Å²) in [5.74, 6) is 0.874. The van der Waals surface area contributed by atoms with E-state index in [1.54, 1.807) is 0 Å². The molecule has 0 aliphatic carbocycles. The minimum atomic E-state index is -0.156. The van der Waals surface area contributed by atoms with Gasteiger partial charge in [0.05, 0.1) is 63.0 Å². The van der Waals surface area contributed by atoms with Gasteiger partial charge in [-0.1, -0.05) is 175 Å². The highest BCUT2D eigenvalue weighted by Crippen LogP contribution is 2.41. The van der Waals surface area contributed by atoms with E-state index in [-0.39, 0.29) is 31.5 Å². The third kappa shape index (κ3) is 13.6. The molecule has 7 aromatic rings. The maximum absolute atomic E-state index is 8.54. The summed E-state index contributed by atoms with van der Waals surface area (Å²) in [7, 11) is 0. The van der Waals surface area contributed by atoms with Crippen LogP contribution in [0.5, 0.6) is 5.75 Å². The van der Waals surface area contributed by atoms with Crippen LogP contribution in [0.25, 0.3) is 10.8 Å². The second kappa shape index (κ2) is 24.1. The predicted octanol–water partition coefficient (Wildman–Crippen LogP) is 11.9. The summed E-state index contributed by atoms with van der Waals surface area (Å²) in [6.07, 6.45) is 2.04. The van der Waals surface area contributed by atoms with Gasteiger partial charge in [-0.25, -0.2) is 0 Å². The Morgan fingerprint density at radius 3 is 1.63 bits per heavy atom. The molecular weight excluding hydrogens is 768 g/mol. The first-order chi connectivity index (χ1) is 29.5. The van der Waals surface area contributed by atoms with E-state index in [9.17, 15) is 0 Å². The highest BCUT2D eigenvalue weighted by molar-refractivity contribution is 6.36. The topological polar surface area (TPSA) is 77.4 Å². The summed E-state index contributed by atoms with van der Waals surface area (Å²) in [5, 5.41) is 20.0. The Morgan fingerprint density at radius 2 is 1.10 bits per heavy atom. The lowest BCUT2D eigenvalue weighted by Gasteiger charge is -2.36.